The number of rotatable bonds is 7. The van der Waals surface area contributed by atoms with Crippen LogP contribution in [-0.2, 0) is 26.2 Å². The minimum absolute atomic E-state index is 0.100. The Bertz CT molecular complexity index is 1420. The molecule has 0 bridgehead atoms. The lowest BCUT2D eigenvalue weighted by Gasteiger charge is -2.31. The van der Waals surface area contributed by atoms with Gasteiger partial charge in [0.2, 0.25) is 5.91 Å². The topological polar surface area (TPSA) is 107 Å². The molecule has 0 aliphatic rings. The van der Waals surface area contributed by atoms with Gasteiger partial charge in [-0.05, 0) is 41.0 Å². The smallest absolute Gasteiger partial charge is 0.405 e. The summed E-state index contributed by atoms with van der Waals surface area (Å²) in [5.74, 6) is -2.13. The number of nitrogens with two attached hydrogens (primary N) is 1. The highest BCUT2D eigenvalue weighted by Gasteiger charge is 2.43. The maximum atomic E-state index is 14.2. The molecule has 3 aromatic rings. The zero-order chi connectivity index (χ0) is 27.8. The number of primary amides is 1. The summed E-state index contributed by atoms with van der Waals surface area (Å²) < 4.78 is 108. The number of halogens is 6. The molecule has 1 amide bonds. The van der Waals surface area contributed by atoms with Gasteiger partial charge < -0.3 is 15.6 Å². The van der Waals surface area contributed by atoms with Crippen molar-refractivity contribution < 1.29 is 49.4 Å². The van der Waals surface area contributed by atoms with E-state index in [0.717, 1.165) is 60.9 Å². The number of hydrogen-bond donors (Lipinski definition) is 2. The van der Waals surface area contributed by atoms with Crippen molar-refractivity contribution in [3.05, 3.63) is 83.4 Å². The molecule has 1 atom stereocenters. The molecular weight excluding hydrogens is 528 g/mol. The van der Waals surface area contributed by atoms with E-state index in [1.54, 1.807) is 0 Å². The largest absolute Gasteiger partial charge is 0.573 e. The number of aliphatic hydroxyl groups is 1. The van der Waals surface area contributed by atoms with Crippen molar-refractivity contribution in [2.24, 2.45) is 5.73 Å². The molecule has 0 radical (unpaired) electrons. The van der Waals surface area contributed by atoms with Crippen LogP contribution in [0.15, 0.2) is 71.6 Å². The van der Waals surface area contributed by atoms with E-state index in [1.807, 2.05) is 0 Å². The van der Waals surface area contributed by atoms with E-state index in [2.05, 4.69) is 4.74 Å². The van der Waals surface area contributed by atoms with Gasteiger partial charge in [0.25, 0.3) is 0 Å². The van der Waals surface area contributed by atoms with Gasteiger partial charge in [0.05, 0.1) is 17.1 Å². The summed E-state index contributed by atoms with van der Waals surface area (Å²) in [7, 11) is -3.66. The molecular formula is C24H19F6NO5S. The maximum Gasteiger partial charge on any atom is 0.573 e. The third kappa shape index (κ3) is 5.72. The number of aliphatic hydroxyl groups excluding tert-OH is 1. The molecule has 0 heterocycles. The van der Waals surface area contributed by atoms with Crippen LogP contribution < -0.4 is 10.5 Å². The first-order chi connectivity index (χ1) is 17.0. The molecule has 0 saturated carbocycles. The molecule has 3 aromatic carbocycles. The molecule has 0 aliphatic heterocycles. The van der Waals surface area contributed by atoms with Gasteiger partial charge in [-0.25, -0.2) is 8.42 Å². The van der Waals surface area contributed by atoms with E-state index in [4.69, 9.17) is 5.73 Å². The molecule has 6 nitrogen and oxygen atoms in total. The first-order valence-corrected chi connectivity index (χ1v) is 12.2. The highest BCUT2D eigenvalue weighted by atomic mass is 32.2. The quantitative estimate of drug-likeness (QED) is 0.426. The fourth-order valence-corrected chi connectivity index (χ4v) is 4.51. The first kappa shape index (κ1) is 28.0. The minimum Gasteiger partial charge on any atom is -0.405 e. The molecule has 0 saturated heterocycles. The molecule has 0 spiro atoms. The maximum absolute atomic E-state index is 14.2. The predicted octanol–water partition coefficient (Wildman–Crippen LogP) is 4.44. The average molecular weight is 547 g/mol. The third-order valence-electron chi connectivity index (χ3n) is 5.65. The predicted molar refractivity (Wildman–Crippen MR) is 120 cm³/mol. The van der Waals surface area contributed by atoms with E-state index >= 15 is 0 Å². The highest BCUT2D eigenvalue weighted by molar-refractivity contribution is 7.90. The Labute approximate surface area is 207 Å². The molecule has 3 N–H and O–H groups in total. The van der Waals surface area contributed by atoms with Crippen LogP contribution in [0, 0.1) is 0 Å². The summed E-state index contributed by atoms with van der Waals surface area (Å²) in [5, 5.41) is 10.2. The van der Waals surface area contributed by atoms with Gasteiger partial charge in [-0.1, -0.05) is 42.5 Å². The summed E-state index contributed by atoms with van der Waals surface area (Å²) in [6.07, 6.45) is -9.37. The summed E-state index contributed by atoms with van der Waals surface area (Å²) in [6.45, 7) is -1.09. The lowest BCUT2D eigenvalue weighted by Crippen LogP contribution is -2.45. The Morgan fingerprint density at radius 2 is 1.46 bits per heavy atom. The zero-order valence-corrected chi connectivity index (χ0v) is 19.7. The van der Waals surface area contributed by atoms with E-state index in [9.17, 15) is 44.7 Å². The van der Waals surface area contributed by atoms with Crippen molar-refractivity contribution in [3.8, 4) is 16.9 Å². The number of ether oxygens (including phenoxy) is 1. The van der Waals surface area contributed by atoms with Gasteiger partial charge in [0, 0.05) is 11.8 Å². The van der Waals surface area contributed by atoms with E-state index in [0.29, 0.717) is 6.07 Å². The molecule has 1 unspecified atom stereocenters. The zero-order valence-electron chi connectivity index (χ0n) is 18.9. The fraction of sp³-hybridized carbons (Fsp3) is 0.208. The highest BCUT2D eigenvalue weighted by Crippen LogP contribution is 2.44. The second-order valence-corrected chi connectivity index (χ2v) is 10.0. The molecule has 13 heteroatoms. The number of sulfone groups is 1. The number of para-hydroxylation sites is 1. The number of amides is 1. The molecule has 3 rings (SSSR count). The standard InChI is InChI=1S/C24H19F6NO5S/c1-37(34,35)16-9-6-14(7-10-16)22(13-32,21(31)33)15-8-11-17(19(12-15)23(25,26)27)18-4-2-3-5-20(18)36-24(28,29)30/h2-12,32H,13H2,1H3,(H2,31,33). The first-order valence-electron chi connectivity index (χ1n) is 10.3. The summed E-state index contributed by atoms with van der Waals surface area (Å²) >= 11 is 0. The summed E-state index contributed by atoms with van der Waals surface area (Å²) in [5.41, 5.74) is 0.147. The lowest BCUT2D eigenvalue weighted by molar-refractivity contribution is -0.274. The molecule has 198 valence electrons. The number of carbonyl (C=O) groups is 1. The van der Waals surface area contributed by atoms with Crippen molar-refractivity contribution >= 4 is 15.7 Å². The van der Waals surface area contributed by atoms with Crippen LogP contribution in [0.5, 0.6) is 5.75 Å². The van der Waals surface area contributed by atoms with Crippen LogP contribution in [-0.4, -0.2) is 38.7 Å². The van der Waals surface area contributed by atoms with Crippen molar-refractivity contribution in [1.29, 1.82) is 0 Å². The van der Waals surface area contributed by atoms with E-state index in [-0.39, 0.29) is 10.5 Å². The summed E-state index contributed by atoms with van der Waals surface area (Å²) in [4.78, 5) is 12.4. The van der Waals surface area contributed by atoms with Crippen LogP contribution in [0.4, 0.5) is 26.3 Å². The summed E-state index contributed by atoms with van der Waals surface area (Å²) in [6, 6.07) is 11.0. The van der Waals surface area contributed by atoms with Gasteiger partial charge in [-0.3, -0.25) is 4.79 Å². The molecule has 0 fully saturated rings. The van der Waals surface area contributed by atoms with Crippen molar-refractivity contribution in [3.63, 3.8) is 0 Å². The number of hydrogen-bond acceptors (Lipinski definition) is 5. The van der Waals surface area contributed by atoms with Crippen LogP contribution in [0.2, 0.25) is 0 Å². The SMILES string of the molecule is CS(=O)(=O)c1ccc(C(CO)(C(N)=O)c2ccc(-c3ccccc3OC(F)(F)F)c(C(F)(F)F)c2)cc1. The van der Waals surface area contributed by atoms with Gasteiger partial charge >= 0.3 is 12.5 Å². The Kier molecular flexibility index (Phi) is 7.35. The van der Waals surface area contributed by atoms with Crippen LogP contribution in [0.3, 0.4) is 0 Å². The van der Waals surface area contributed by atoms with E-state index < -0.39 is 68.3 Å². The average Bonchev–Trinajstić information content (AvgIpc) is 2.78. The number of alkyl halides is 6. The van der Waals surface area contributed by atoms with Crippen molar-refractivity contribution in [1.82, 2.24) is 0 Å². The number of carbonyl (C=O) groups excluding carboxylic acids is 1. The minimum atomic E-state index is -5.18. The monoisotopic (exact) mass is 547 g/mol. The normalized spacial score (nSPS) is 14.2. The van der Waals surface area contributed by atoms with Gasteiger partial charge in [0.15, 0.2) is 9.84 Å². The third-order valence-corrected chi connectivity index (χ3v) is 6.78. The Balaban J connectivity index is 2.28. The number of benzene rings is 3. The van der Waals surface area contributed by atoms with Crippen LogP contribution in [0.1, 0.15) is 16.7 Å². The van der Waals surface area contributed by atoms with Crippen LogP contribution in [0.25, 0.3) is 11.1 Å². The Morgan fingerprint density at radius 1 is 0.892 bits per heavy atom. The molecule has 0 aromatic heterocycles. The Morgan fingerprint density at radius 3 is 1.95 bits per heavy atom. The van der Waals surface area contributed by atoms with Gasteiger partial charge in [-0.15, -0.1) is 13.2 Å². The van der Waals surface area contributed by atoms with Crippen molar-refractivity contribution in [2.45, 2.75) is 22.8 Å². The molecule has 37 heavy (non-hydrogen) atoms. The van der Waals surface area contributed by atoms with Gasteiger partial charge in [0.1, 0.15) is 11.2 Å². The van der Waals surface area contributed by atoms with Crippen LogP contribution >= 0.6 is 0 Å². The second kappa shape index (κ2) is 9.71. The fourth-order valence-electron chi connectivity index (χ4n) is 3.88. The Hall–Kier alpha value is -3.58. The van der Waals surface area contributed by atoms with Crippen molar-refractivity contribution in [2.75, 3.05) is 12.9 Å². The van der Waals surface area contributed by atoms with Gasteiger partial charge in [-0.2, -0.15) is 13.2 Å². The lowest BCUT2D eigenvalue weighted by atomic mass is 9.73. The van der Waals surface area contributed by atoms with E-state index in [1.165, 1.54) is 6.07 Å². The second-order valence-electron chi connectivity index (χ2n) is 8.03. The molecule has 0 aliphatic carbocycles.